The number of para-hydroxylation sites is 1. The summed E-state index contributed by atoms with van der Waals surface area (Å²) in [6, 6.07) is 15.3. The molecule has 0 aromatic heterocycles. The summed E-state index contributed by atoms with van der Waals surface area (Å²) < 4.78 is 33.1. The number of ether oxygens (including phenoxy) is 1. The van der Waals surface area contributed by atoms with E-state index in [-0.39, 0.29) is 23.5 Å². The first-order valence-corrected chi connectivity index (χ1v) is 10.4. The number of nitrogens with zero attached hydrogens (tertiary/aromatic N) is 1. The molecule has 144 valence electrons. The number of amides is 1. The Morgan fingerprint density at radius 1 is 1.15 bits per heavy atom. The SMILES string of the molecule is Cc1ccccc1N(CC(=O)NC[C@H]1CCCO1)S(=O)(=O)c1ccccc1. The van der Waals surface area contributed by atoms with Crippen LogP contribution in [0, 0.1) is 6.92 Å². The van der Waals surface area contributed by atoms with Crippen LogP contribution in [0.15, 0.2) is 59.5 Å². The summed E-state index contributed by atoms with van der Waals surface area (Å²) in [5.74, 6) is -0.353. The molecule has 0 unspecified atom stereocenters. The van der Waals surface area contributed by atoms with E-state index in [9.17, 15) is 13.2 Å². The van der Waals surface area contributed by atoms with Crippen molar-refractivity contribution < 1.29 is 17.9 Å². The predicted molar refractivity (Wildman–Crippen MR) is 104 cm³/mol. The number of hydrogen-bond donors (Lipinski definition) is 1. The van der Waals surface area contributed by atoms with Crippen LogP contribution in [0.4, 0.5) is 5.69 Å². The number of aryl methyl sites for hydroxylation is 1. The fourth-order valence-electron chi connectivity index (χ4n) is 3.08. The molecule has 1 fully saturated rings. The van der Waals surface area contributed by atoms with Gasteiger partial charge in [0.15, 0.2) is 0 Å². The molecule has 0 spiro atoms. The predicted octanol–water partition coefficient (Wildman–Crippen LogP) is 2.49. The third-order valence-electron chi connectivity index (χ3n) is 4.55. The van der Waals surface area contributed by atoms with Gasteiger partial charge in [0.2, 0.25) is 5.91 Å². The number of carbonyl (C=O) groups is 1. The zero-order valence-electron chi connectivity index (χ0n) is 15.3. The fraction of sp³-hybridized carbons (Fsp3) is 0.350. The number of hydrogen-bond acceptors (Lipinski definition) is 4. The average molecular weight is 388 g/mol. The van der Waals surface area contributed by atoms with E-state index in [2.05, 4.69) is 5.32 Å². The minimum absolute atomic E-state index is 0.00610. The summed E-state index contributed by atoms with van der Waals surface area (Å²) >= 11 is 0. The lowest BCUT2D eigenvalue weighted by Crippen LogP contribution is -2.43. The van der Waals surface area contributed by atoms with E-state index in [0.29, 0.717) is 18.8 Å². The number of rotatable bonds is 7. The van der Waals surface area contributed by atoms with Gasteiger partial charge in [-0.05, 0) is 43.5 Å². The van der Waals surface area contributed by atoms with Crippen LogP contribution in [-0.4, -0.2) is 40.1 Å². The highest BCUT2D eigenvalue weighted by Gasteiger charge is 2.28. The lowest BCUT2D eigenvalue weighted by atomic mass is 10.2. The van der Waals surface area contributed by atoms with Crippen molar-refractivity contribution >= 4 is 21.6 Å². The summed E-state index contributed by atoms with van der Waals surface area (Å²) in [6.45, 7) is 2.64. The Kier molecular flexibility index (Phi) is 6.13. The molecule has 1 saturated heterocycles. The molecule has 0 saturated carbocycles. The van der Waals surface area contributed by atoms with Gasteiger partial charge in [-0.15, -0.1) is 0 Å². The molecular formula is C20H24N2O4S. The first kappa shape index (κ1) is 19.4. The molecule has 6 nitrogen and oxygen atoms in total. The summed E-state index contributed by atoms with van der Waals surface area (Å²) in [5, 5.41) is 2.80. The summed E-state index contributed by atoms with van der Waals surface area (Å²) in [4.78, 5) is 12.7. The Balaban J connectivity index is 1.84. The molecule has 1 aliphatic heterocycles. The second-order valence-electron chi connectivity index (χ2n) is 6.55. The molecule has 1 amide bonds. The van der Waals surface area contributed by atoms with Gasteiger partial charge in [-0.1, -0.05) is 36.4 Å². The van der Waals surface area contributed by atoms with Crippen LogP contribution in [0.1, 0.15) is 18.4 Å². The molecule has 1 aliphatic rings. The Labute approximate surface area is 160 Å². The standard InChI is InChI=1S/C20H24N2O4S/c1-16-8-5-6-12-19(16)22(27(24,25)18-10-3-2-4-11-18)15-20(23)21-14-17-9-7-13-26-17/h2-6,8,10-12,17H,7,9,13-15H2,1H3,(H,21,23)/t17-/m1/s1. The number of anilines is 1. The van der Waals surface area contributed by atoms with Crippen LogP contribution >= 0.6 is 0 Å². The van der Waals surface area contributed by atoms with E-state index in [1.54, 1.807) is 30.3 Å². The van der Waals surface area contributed by atoms with Gasteiger partial charge < -0.3 is 10.1 Å². The van der Waals surface area contributed by atoms with E-state index in [1.807, 2.05) is 19.1 Å². The third-order valence-corrected chi connectivity index (χ3v) is 6.33. The smallest absolute Gasteiger partial charge is 0.264 e. The van der Waals surface area contributed by atoms with Crippen molar-refractivity contribution in [1.29, 1.82) is 0 Å². The molecule has 0 radical (unpaired) electrons. The number of sulfonamides is 1. The zero-order valence-corrected chi connectivity index (χ0v) is 16.1. The highest BCUT2D eigenvalue weighted by atomic mass is 32.2. The van der Waals surface area contributed by atoms with Crippen molar-refractivity contribution in [3.05, 3.63) is 60.2 Å². The number of benzene rings is 2. The topological polar surface area (TPSA) is 75.7 Å². The molecule has 7 heteroatoms. The minimum atomic E-state index is -3.87. The van der Waals surface area contributed by atoms with Crippen molar-refractivity contribution in [3.8, 4) is 0 Å². The maximum Gasteiger partial charge on any atom is 0.264 e. The second-order valence-corrected chi connectivity index (χ2v) is 8.41. The Bertz CT molecular complexity index is 878. The molecule has 3 rings (SSSR count). The average Bonchev–Trinajstić information content (AvgIpc) is 3.19. The van der Waals surface area contributed by atoms with Crippen molar-refractivity contribution in [3.63, 3.8) is 0 Å². The first-order valence-electron chi connectivity index (χ1n) is 9.00. The first-order chi connectivity index (χ1) is 13.0. The molecule has 27 heavy (non-hydrogen) atoms. The largest absolute Gasteiger partial charge is 0.376 e. The van der Waals surface area contributed by atoms with Gasteiger partial charge in [0.1, 0.15) is 6.54 Å². The Hall–Kier alpha value is -2.38. The molecule has 0 aliphatic carbocycles. The molecule has 0 bridgehead atoms. The molecule has 2 aromatic carbocycles. The van der Waals surface area contributed by atoms with Gasteiger partial charge in [0, 0.05) is 13.2 Å². The monoisotopic (exact) mass is 388 g/mol. The lowest BCUT2D eigenvalue weighted by Gasteiger charge is -2.25. The lowest BCUT2D eigenvalue weighted by molar-refractivity contribution is -0.120. The fourth-order valence-corrected chi connectivity index (χ4v) is 4.59. The third kappa shape index (κ3) is 4.67. The van der Waals surface area contributed by atoms with Crippen LogP contribution in [0.3, 0.4) is 0 Å². The molecular weight excluding hydrogens is 364 g/mol. The van der Waals surface area contributed by atoms with Gasteiger partial charge in [-0.2, -0.15) is 0 Å². The minimum Gasteiger partial charge on any atom is -0.376 e. The number of carbonyl (C=O) groups excluding carboxylic acids is 1. The normalized spacial score (nSPS) is 16.9. The molecule has 2 aromatic rings. The van der Waals surface area contributed by atoms with E-state index in [0.717, 1.165) is 18.4 Å². The maximum absolute atomic E-state index is 13.2. The van der Waals surface area contributed by atoms with Crippen LogP contribution < -0.4 is 9.62 Å². The van der Waals surface area contributed by atoms with Gasteiger partial charge in [-0.3, -0.25) is 9.10 Å². The molecule has 1 heterocycles. The summed E-state index contributed by atoms with van der Waals surface area (Å²) in [6.07, 6.45) is 1.90. The highest BCUT2D eigenvalue weighted by molar-refractivity contribution is 7.92. The van der Waals surface area contributed by atoms with E-state index < -0.39 is 10.0 Å². The van der Waals surface area contributed by atoms with Gasteiger partial charge >= 0.3 is 0 Å². The molecule has 1 N–H and O–H groups in total. The van der Waals surface area contributed by atoms with E-state index in [1.165, 1.54) is 16.4 Å². The van der Waals surface area contributed by atoms with E-state index in [4.69, 9.17) is 4.74 Å². The van der Waals surface area contributed by atoms with Crippen molar-refractivity contribution in [2.24, 2.45) is 0 Å². The van der Waals surface area contributed by atoms with Crippen LogP contribution in [0.2, 0.25) is 0 Å². The zero-order chi connectivity index (χ0) is 19.3. The Morgan fingerprint density at radius 3 is 2.52 bits per heavy atom. The van der Waals surface area contributed by atoms with Gasteiger partial charge in [0.05, 0.1) is 16.7 Å². The maximum atomic E-state index is 13.2. The summed E-state index contributed by atoms with van der Waals surface area (Å²) in [5.41, 5.74) is 1.28. The number of nitrogens with one attached hydrogen (secondary N) is 1. The van der Waals surface area contributed by atoms with Gasteiger partial charge in [-0.25, -0.2) is 8.42 Å². The van der Waals surface area contributed by atoms with Crippen molar-refractivity contribution in [2.45, 2.75) is 30.8 Å². The summed E-state index contributed by atoms with van der Waals surface area (Å²) in [7, 11) is -3.87. The van der Waals surface area contributed by atoms with Crippen molar-refractivity contribution in [2.75, 3.05) is 24.0 Å². The van der Waals surface area contributed by atoms with Gasteiger partial charge in [0.25, 0.3) is 10.0 Å². The Morgan fingerprint density at radius 2 is 1.85 bits per heavy atom. The van der Waals surface area contributed by atoms with Crippen LogP contribution in [0.5, 0.6) is 0 Å². The van der Waals surface area contributed by atoms with Crippen molar-refractivity contribution in [1.82, 2.24) is 5.32 Å². The quantitative estimate of drug-likeness (QED) is 0.791. The van der Waals surface area contributed by atoms with Crippen LogP contribution in [0.25, 0.3) is 0 Å². The molecule has 1 atom stereocenters. The van der Waals surface area contributed by atoms with E-state index >= 15 is 0 Å². The van der Waals surface area contributed by atoms with Crippen LogP contribution in [-0.2, 0) is 19.6 Å². The second kappa shape index (κ2) is 8.54. The highest BCUT2D eigenvalue weighted by Crippen LogP contribution is 2.26.